The molecule has 0 unspecified atom stereocenters. The molecule has 3 nitrogen and oxygen atoms in total. The Labute approximate surface area is 107 Å². The van der Waals surface area contributed by atoms with Gasteiger partial charge in [0.15, 0.2) is 0 Å². The molecule has 0 aliphatic heterocycles. The lowest BCUT2D eigenvalue weighted by Gasteiger charge is -2.25. The number of hydrogen-bond acceptors (Lipinski definition) is 3. The molecule has 3 heteroatoms. The number of nitrogens with zero attached hydrogens (tertiary/aromatic N) is 1. The van der Waals surface area contributed by atoms with Crippen molar-refractivity contribution in [2.45, 2.75) is 25.7 Å². The average Bonchev–Trinajstić information content (AvgIpc) is 2.35. The quantitative estimate of drug-likeness (QED) is 0.806. The van der Waals surface area contributed by atoms with Gasteiger partial charge in [-0.25, -0.2) is 0 Å². The van der Waals surface area contributed by atoms with E-state index in [1.54, 1.807) is 6.20 Å². The molecular weight excluding hydrogens is 222 g/mol. The fourth-order valence-corrected chi connectivity index (χ4v) is 2.54. The molecule has 1 aliphatic carbocycles. The molecule has 3 N–H and O–H groups in total. The second-order valence-electron chi connectivity index (χ2n) is 5.11. The van der Waals surface area contributed by atoms with Crippen molar-refractivity contribution in [3.05, 3.63) is 30.5 Å². The topological polar surface area (TPSA) is 50.9 Å². The summed E-state index contributed by atoms with van der Waals surface area (Å²) in [5, 5.41) is 4.64. The van der Waals surface area contributed by atoms with Crippen molar-refractivity contribution in [3.63, 3.8) is 0 Å². The van der Waals surface area contributed by atoms with Crippen LogP contribution in [-0.2, 0) is 0 Å². The van der Waals surface area contributed by atoms with E-state index >= 15 is 0 Å². The fraction of sp³-hybridized carbons (Fsp3) is 0.400. The van der Waals surface area contributed by atoms with Crippen LogP contribution in [0, 0.1) is 5.92 Å². The summed E-state index contributed by atoms with van der Waals surface area (Å²) in [7, 11) is 0. The maximum absolute atomic E-state index is 5.94. The Morgan fingerprint density at radius 3 is 2.94 bits per heavy atom. The third kappa shape index (κ3) is 2.13. The van der Waals surface area contributed by atoms with Gasteiger partial charge in [-0.05, 0) is 36.6 Å². The van der Waals surface area contributed by atoms with Crippen LogP contribution in [0.5, 0.6) is 0 Å². The van der Waals surface area contributed by atoms with Crippen molar-refractivity contribution in [3.8, 4) is 0 Å². The summed E-state index contributed by atoms with van der Waals surface area (Å²) in [4.78, 5) is 4.35. The first-order valence-corrected chi connectivity index (χ1v) is 6.71. The number of pyridine rings is 1. The Morgan fingerprint density at radius 1 is 1.28 bits per heavy atom. The van der Waals surface area contributed by atoms with Gasteiger partial charge in [0.25, 0.3) is 0 Å². The summed E-state index contributed by atoms with van der Waals surface area (Å²) in [6.45, 7) is 1.04. The monoisotopic (exact) mass is 241 g/mol. The van der Waals surface area contributed by atoms with Gasteiger partial charge in [0.05, 0.1) is 11.2 Å². The standard InChI is InChI=1S/C15H19N3/c16-13-6-7-14(12-5-2-9-18-15(12)13)17-10-8-11-3-1-4-11/h2,5-7,9,11,17H,1,3-4,8,10,16H2. The molecule has 3 rings (SSSR count). The summed E-state index contributed by atoms with van der Waals surface area (Å²) in [6, 6.07) is 8.02. The zero-order valence-electron chi connectivity index (χ0n) is 10.5. The molecule has 1 aromatic heterocycles. The Balaban J connectivity index is 1.76. The first-order chi connectivity index (χ1) is 8.84. The van der Waals surface area contributed by atoms with Crippen molar-refractivity contribution in [1.82, 2.24) is 4.98 Å². The molecule has 1 aromatic carbocycles. The third-order valence-electron chi connectivity index (χ3n) is 3.89. The molecule has 0 spiro atoms. The highest BCUT2D eigenvalue weighted by atomic mass is 14.9. The molecule has 0 radical (unpaired) electrons. The number of aromatic nitrogens is 1. The van der Waals surface area contributed by atoms with E-state index in [0.29, 0.717) is 0 Å². The number of fused-ring (bicyclic) bond motifs is 1. The van der Waals surface area contributed by atoms with Crippen molar-refractivity contribution in [2.75, 3.05) is 17.6 Å². The average molecular weight is 241 g/mol. The molecule has 0 bridgehead atoms. The zero-order valence-corrected chi connectivity index (χ0v) is 10.5. The van der Waals surface area contributed by atoms with Gasteiger partial charge in [-0.2, -0.15) is 0 Å². The molecule has 1 fully saturated rings. The van der Waals surface area contributed by atoms with Crippen molar-refractivity contribution < 1.29 is 0 Å². The highest BCUT2D eigenvalue weighted by Crippen LogP contribution is 2.30. The summed E-state index contributed by atoms with van der Waals surface area (Å²) in [5.41, 5.74) is 8.73. The molecule has 1 heterocycles. The van der Waals surface area contributed by atoms with Crippen LogP contribution in [-0.4, -0.2) is 11.5 Å². The Hall–Kier alpha value is -1.77. The molecule has 2 aromatic rings. The van der Waals surface area contributed by atoms with Crippen molar-refractivity contribution in [2.24, 2.45) is 5.92 Å². The molecule has 18 heavy (non-hydrogen) atoms. The van der Waals surface area contributed by atoms with E-state index in [9.17, 15) is 0 Å². The lowest BCUT2D eigenvalue weighted by molar-refractivity contribution is 0.303. The van der Waals surface area contributed by atoms with Crippen LogP contribution in [0.3, 0.4) is 0 Å². The van der Waals surface area contributed by atoms with E-state index in [4.69, 9.17) is 5.73 Å². The highest BCUT2D eigenvalue weighted by molar-refractivity contribution is 5.98. The van der Waals surface area contributed by atoms with E-state index in [1.165, 1.54) is 25.7 Å². The Morgan fingerprint density at radius 2 is 2.17 bits per heavy atom. The minimum absolute atomic E-state index is 0.746. The summed E-state index contributed by atoms with van der Waals surface area (Å²) in [5.74, 6) is 0.940. The number of rotatable bonds is 4. The van der Waals surface area contributed by atoms with Crippen LogP contribution in [0.4, 0.5) is 11.4 Å². The van der Waals surface area contributed by atoms with Gasteiger partial charge in [-0.3, -0.25) is 4.98 Å². The largest absolute Gasteiger partial charge is 0.397 e. The van der Waals surface area contributed by atoms with Gasteiger partial charge in [-0.15, -0.1) is 0 Å². The summed E-state index contributed by atoms with van der Waals surface area (Å²) >= 11 is 0. The van der Waals surface area contributed by atoms with E-state index < -0.39 is 0 Å². The lowest BCUT2D eigenvalue weighted by Crippen LogP contribution is -2.15. The van der Waals surface area contributed by atoms with E-state index in [2.05, 4.69) is 22.4 Å². The van der Waals surface area contributed by atoms with Crippen LogP contribution in [0.25, 0.3) is 10.9 Å². The smallest absolute Gasteiger partial charge is 0.0951 e. The van der Waals surface area contributed by atoms with E-state index in [0.717, 1.165) is 34.7 Å². The molecule has 0 amide bonds. The first kappa shape index (κ1) is 11.3. The third-order valence-corrected chi connectivity index (χ3v) is 3.89. The Kier molecular flexibility index (Phi) is 3.05. The van der Waals surface area contributed by atoms with Gasteiger partial charge >= 0.3 is 0 Å². The minimum atomic E-state index is 0.746. The second kappa shape index (κ2) is 4.84. The molecule has 1 aliphatic rings. The van der Waals surface area contributed by atoms with Gasteiger partial charge in [0.2, 0.25) is 0 Å². The number of hydrogen-bond donors (Lipinski definition) is 2. The number of nitrogens with one attached hydrogen (secondary N) is 1. The normalized spacial score (nSPS) is 15.6. The van der Waals surface area contributed by atoms with Gasteiger partial charge in [0, 0.05) is 23.8 Å². The van der Waals surface area contributed by atoms with Crippen LogP contribution >= 0.6 is 0 Å². The summed E-state index contributed by atoms with van der Waals surface area (Å²) in [6.07, 6.45) is 7.29. The first-order valence-electron chi connectivity index (χ1n) is 6.71. The molecular formula is C15H19N3. The minimum Gasteiger partial charge on any atom is -0.397 e. The highest BCUT2D eigenvalue weighted by Gasteiger charge is 2.16. The van der Waals surface area contributed by atoms with Crippen molar-refractivity contribution >= 4 is 22.3 Å². The molecule has 0 saturated heterocycles. The SMILES string of the molecule is Nc1ccc(NCCC2CCC2)c2cccnc12. The van der Waals surface area contributed by atoms with Crippen LogP contribution < -0.4 is 11.1 Å². The molecule has 0 atom stereocenters. The number of benzene rings is 1. The maximum atomic E-state index is 5.94. The second-order valence-corrected chi connectivity index (χ2v) is 5.11. The summed E-state index contributed by atoms with van der Waals surface area (Å²) < 4.78 is 0. The number of anilines is 2. The van der Waals surface area contributed by atoms with Crippen molar-refractivity contribution in [1.29, 1.82) is 0 Å². The van der Waals surface area contributed by atoms with Gasteiger partial charge < -0.3 is 11.1 Å². The van der Waals surface area contributed by atoms with Crippen LogP contribution in [0.1, 0.15) is 25.7 Å². The zero-order chi connectivity index (χ0) is 12.4. The van der Waals surface area contributed by atoms with E-state index in [1.807, 2.05) is 12.1 Å². The van der Waals surface area contributed by atoms with Crippen LogP contribution in [0.2, 0.25) is 0 Å². The van der Waals surface area contributed by atoms with Gasteiger partial charge in [-0.1, -0.05) is 19.3 Å². The number of nitrogens with two attached hydrogens (primary N) is 1. The predicted octanol–water partition coefficient (Wildman–Crippen LogP) is 3.42. The van der Waals surface area contributed by atoms with E-state index in [-0.39, 0.29) is 0 Å². The predicted molar refractivity (Wildman–Crippen MR) is 76.6 cm³/mol. The lowest BCUT2D eigenvalue weighted by atomic mass is 9.83. The molecule has 1 saturated carbocycles. The Bertz CT molecular complexity index is 546. The van der Waals surface area contributed by atoms with Crippen LogP contribution in [0.15, 0.2) is 30.5 Å². The molecule has 94 valence electrons. The fourth-order valence-electron chi connectivity index (χ4n) is 2.54. The maximum Gasteiger partial charge on any atom is 0.0951 e. The van der Waals surface area contributed by atoms with Gasteiger partial charge in [0.1, 0.15) is 0 Å². The number of nitrogen functional groups attached to an aromatic ring is 1.